The molecule has 2 rings (SSSR count). The van der Waals surface area contributed by atoms with Gasteiger partial charge in [0.1, 0.15) is 5.82 Å². The number of hydrogen-bond donors (Lipinski definition) is 2. The molecule has 0 spiro atoms. The van der Waals surface area contributed by atoms with Gasteiger partial charge in [-0.15, -0.1) is 0 Å². The van der Waals surface area contributed by atoms with Crippen LogP contribution in [0.2, 0.25) is 0 Å². The fourth-order valence-electron chi connectivity index (χ4n) is 3.00. The fourth-order valence-corrected chi connectivity index (χ4v) is 3.00. The number of aliphatic hydroxyl groups is 1. The highest BCUT2D eigenvalue weighted by atomic mass is 19.1. The summed E-state index contributed by atoms with van der Waals surface area (Å²) in [7, 11) is 0. The van der Waals surface area contributed by atoms with Crippen molar-refractivity contribution in [2.24, 2.45) is 11.8 Å². The first kappa shape index (κ1) is 13.0. The first-order valence-corrected chi connectivity index (χ1v) is 6.18. The lowest BCUT2D eigenvalue weighted by molar-refractivity contribution is -0.138. The molecule has 0 heterocycles. The van der Waals surface area contributed by atoms with Crippen LogP contribution >= 0.6 is 0 Å². The summed E-state index contributed by atoms with van der Waals surface area (Å²) in [6.07, 6.45) is 1.53. The third-order valence-corrected chi connectivity index (χ3v) is 3.77. The molecule has 0 amide bonds. The van der Waals surface area contributed by atoms with Crippen molar-refractivity contribution in [1.29, 1.82) is 0 Å². The second-order valence-corrected chi connectivity index (χ2v) is 5.04. The maximum absolute atomic E-state index is 13.2. The molecule has 3 nitrogen and oxygen atoms in total. The average Bonchev–Trinajstić information content (AvgIpc) is 2.71. The molecule has 1 saturated carbocycles. The fraction of sp³-hybridized carbons (Fsp3) is 0.500. The van der Waals surface area contributed by atoms with Gasteiger partial charge < -0.3 is 10.2 Å². The number of carboxylic acids is 1. The Kier molecular flexibility index (Phi) is 3.97. The lowest BCUT2D eigenvalue weighted by Crippen LogP contribution is -2.10. The van der Waals surface area contributed by atoms with E-state index in [9.17, 15) is 14.3 Å². The Hall–Kier alpha value is -1.42. The number of halogens is 1. The van der Waals surface area contributed by atoms with Crippen LogP contribution < -0.4 is 0 Å². The lowest BCUT2D eigenvalue weighted by atomic mass is 9.89. The summed E-state index contributed by atoms with van der Waals surface area (Å²) >= 11 is 0. The summed E-state index contributed by atoms with van der Waals surface area (Å²) < 4.78 is 13.2. The van der Waals surface area contributed by atoms with Crippen LogP contribution in [0.25, 0.3) is 0 Å². The van der Waals surface area contributed by atoms with Crippen LogP contribution in [0.3, 0.4) is 0 Å². The molecule has 3 atom stereocenters. The first-order chi connectivity index (χ1) is 8.60. The molecule has 3 unspecified atom stereocenters. The zero-order chi connectivity index (χ0) is 13.1. The van der Waals surface area contributed by atoms with Gasteiger partial charge in [0.25, 0.3) is 0 Å². The Morgan fingerprint density at radius 2 is 2.17 bits per heavy atom. The number of rotatable bonds is 4. The number of carbonyl (C=O) groups is 1. The topological polar surface area (TPSA) is 57.5 Å². The predicted molar refractivity (Wildman–Crippen MR) is 64.7 cm³/mol. The highest BCUT2D eigenvalue weighted by Crippen LogP contribution is 2.44. The van der Waals surface area contributed by atoms with Crippen LogP contribution in [0, 0.1) is 17.7 Å². The van der Waals surface area contributed by atoms with Crippen molar-refractivity contribution in [1.82, 2.24) is 0 Å². The van der Waals surface area contributed by atoms with E-state index in [1.54, 1.807) is 6.07 Å². The van der Waals surface area contributed by atoms with Crippen LogP contribution in [0.4, 0.5) is 4.39 Å². The zero-order valence-electron chi connectivity index (χ0n) is 10.1. The van der Waals surface area contributed by atoms with E-state index in [-0.39, 0.29) is 36.6 Å². The summed E-state index contributed by atoms with van der Waals surface area (Å²) in [5.74, 6) is -0.915. The molecule has 0 aliphatic heterocycles. The summed E-state index contributed by atoms with van der Waals surface area (Å²) in [6.45, 7) is 0.0251. The minimum atomic E-state index is -0.809. The summed E-state index contributed by atoms with van der Waals surface area (Å²) in [5.41, 5.74) is 0.863. The monoisotopic (exact) mass is 252 g/mol. The minimum absolute atomic E-state index is 0.0251. The number of hydrogen-bond acceptors (Lipinski definition) is 2. The van der Waals surface area contributed by atoms with Crippen molar-refractivity contribution in [3.8, 4) is 0 Å². The van der Waals surface area contributed by atoms with Crippen LogP contribution in [-0.4, -0.2) is 22.8 Å². The molecule has 1 aromatic rings. The molecule has 1 fully saturated rings. The highest BCUT2D eigenvalue weighted by molar-refractivity contribution is 5.67. The van der Waals surface area contributed by atoms with Crippen LogP contribution in [0.15, 0.2) is 24.3 Å². The zero-order valence-corrected chi connectivity index (χ0v) is 10.1. The molecular weight excluding hydrogens is 235 g/mol. The first-order valence-electron chi connectivity index (χ1n) is 6.18. The number of benzene rings is 1. The Balaban J connectivity index is 2.14. The molecule has 0 saturated heterocycles. The van der Waals surface area contributed by atoms with E-state index in [2.05, 4.69) is 0 Å². The molecule has 18 heavy (non-hydrogen) atoms. The van der Waals surface area contributed by atoms with Gasteiger partial charge in [0.2, 0.25) is 0 Å². The maximum atomic E-state index is 13.2. The maximum Gasteiger partial charge on any atom is 0.303 e. The third-order valence-electron chi connectivity index (χ3n) is 3.77. The smallest absolute Gasteiger partial charge is 0.303 e. The summed E-state index contributed by atoms with van der Waals surface area (Å²) in [4.78, 5) is 10.7. The van der Waals surface area contributed by atoms with E-state index >= 15 is 0 Å². The van der Waals surface area contributed by atoms with Crippen LogP contribution in [0.5, 0.6) is 0 Å². The number of aliphatic carboxylic acids is 1. The second kappa shape index (κ2) is 5.48. The van der Waals surface area contributed by atoms with Gasteiger partial charge >= 0.3 is 5.97 Å². The Morgan fingerprint density at radius 1 is 1.39 bits per heavy atom. The van der Waals surface area contributed by atoms with Crippen LogP contribution in [0.1, 0.15) is 30.7 Å². The molecule has 2 N–H and O–H groups in total. The van der Waals surface area contributed by atoms with Crippen molar-refractivity contribution in [3.05, 3.63) is 35.6 Å². The predicted octanol–water partition coefficient (Wildman–Crippen LogP) is 2.40. The van der Waals surface area contributed by atoms with Gasteiger partial charge in [-0.2, -0.15) is 0 Å². The van der Waals surface area contributed by atoms with E-state index in [0.717, 1.165) is 5.56 Å². The van der Waals surface area contributed by atoms with Crippen molar-refractivity contribution in [2.45, 2.75) is 25.2 Å². The van der Waals surface area contributed by atoms with Gasteiger partial charge in [0.15, 0.2) is 0 Å². The van der Waals surface area contributed by atoms with Gasteiger partial charge in [-0.1, -0.05) is 12.1 Å². The highest BCUT2D eigenvalue weighted by Gasteiger charge is 2.35. The largest absolute Gasteiger partial charge is 0.481 e. The minimum Gasteiger partial charge on any atom is -0.481 e. The lowest BCUT2D eigenvalue weighted by Gasteiger charge is -2.17. The Morgan fingerprint density at radius 3 is 2.78 bits per heavy atom. The van der Waals surface area contributed by atoms with Gasteiger partial charge in [-0.25, -0.2) is 4.39 Å². The van der Waals surface area contributed by atoms with Crippen molar-refractivity contribution < 1.29 is 19.4 Å². The molecule has 0 bridgehead atoms. The van der Waals surface area contributed by atoms with Crippen molar-refractivity contribution in [2.75, 3.05) is 6.61 Å². The van der Waals surface area contributed by atoms with Crippen molar-refractivity contribution in [3.63, 3.8) is 0 Å². The van der Waals surface area contributed by atoms with Gasteiger partial charge in [0.05, 0.1) is 0 Å². The quantitative estimate of drug-likeness (QED) is 0.865. The van der Waals surface area contributed by atoms with E-state index in [1.165, 1.54) is 12.1 Å². The molecule has 0 aromatic heterocycles. The number of aliphatic hydroxyl groups excluding tert-OH is 1. The van der Waals surface area contributed by atoms with E-state index in [4.69, 9.17) is 5.11 Å². The molecule has 4 heteroatoms. The summed E-state index contributed by atoms with van der Waals surface area (Å²) in [6, 6.07) is 6.38. The Bertz CT molecular complexity index is 433. The molecule has 1 aliphatic carbocycles. The van der Waals surface area contributed by atoms with Gasteiger partial charge in [-0.3, -0.25) is 4.79 Å². The van der Waals surface area contributed by atoms with Crippen LogP contribution in [-0.2, 0) is 4.79 Å². The van der Waals surface area contributed by atoms with E-state index < -0.39 is 5.97 Å². The number of carboxylic acid groups (broad SMARTS) is 1. The molecule has 0 radical (unpaired) electrons. The van der Waals surface area contributed by atoms with E-state index in [1.807, 2.05) is 6.07 Å². The summed E-state index contributed by atoms with van der Waals surface area (Å²) in [5, 5.41) is 18.2. The van der Waals surface area contributed by atoms with Gasteiger partial charge in [-0.05, 0) is 48.3 Å². The van der Waals surface area contributed by atoms with Gasteiger partial charge in [0, 0.05) is 13.0 Å². The second-order valence-electron chi connectivity index (χ2n) is 5.04. The normalized spacial score (nSPS) is 27.3. The van der Waals surface area contributed by atoms with E-state index in [0.29, 0.717) is 12.8 Å². The molecular formula is C14H17FO3. The Labute approximate surface area is 105 Å². The molecule has 1 aliphatic rings. The molecule has 1 aromatic carbocycles. The van der Waals surface area contributed by atoms with Crippen molar-refractivity contribution >= 4 is 5.97 Å². The SMILES string of the molecule is O=C(O)CC1CC(CO)C(c2cccc(F)c2)C1. The third kappa shape index (κ3) is 2.88. The average molecular weight is 252 g/mol. The molecule has 98 valence electrons. The standard InChI is InChI=1S/C14H17FO3/c15-12-3-1-2-10(7-12)13-5-9(6-14(17)18)4-11(13)8-16/h1-3,7,9,11,13,16H,4-6,8H2,(H,17,18).